The van der Waals surface area contributed by atoms with E-state index in [-0.39, 0.29) is 17.0 Å². The van der Waals surface area contributed by atoms with Crippen LogP contribution in [0.1, 0.15) is 20.8 Å². The van der Waals surface area contributed by atoms with Gasteiger partial charge in [0.2, 0.25) is 6.33 Å². The van der Waals surface area contributed by atoms with E-state index in [4.69, 9.17) is 14.2 Å². The van der Waals surface area contributed by atoms with Gasteiger partial charge >= 0.3 is 17.5 Å². The summed E-state index contributed by atoms with van der Waals surface area (Å²) in [6, 6.07) is 0. The van der Waals surface area contributed by atoms with E-state index in [1.807, 2.05) is 0 Å². The molecule has 0 fully saturated rings. The van der Waals surface area contributed by atoms with Crippen LogP contribution in [0.4, 0.5) is 0 Å². The molecule has 0 saturated carbocycles. The molecule has 0 bridgehead atoms. The van der Waals surface area contributed by atoms with Crippen LogP contribution in [0.2, 0.25) is 0 Å². The Hall–Kier alpha value is -1.41. The molecule has 2 atom stereocenters. The fourth-order valence-electron chi connectivity index (χ4n) is 1.74. The highest BCUT2D eigenvalue weighted by atomic mass is 79.9. The lowest BCUT2D eigenvalue weighted by Crippen LogP contribution is -3.00. The van der Waals surface area contributed by atoms with E-state index in [0.29, 0.717) is 6.61 Å². The van der Waals surface area contributed by atoms with Crippen molar-refractivity contribution in [3.05, 3.63) is 18.7 Å². The molecule has 0 N–H and O–H groups in total. The first-order valence-corrected chi connectivity index (χ1v) is 6.31. The highest BCUT2D eigenvalue weighted by Crippen LogP contribution is 2.20. The van der Waals surface area contributed by atoms with Gasteiger partial charge in [-0.1, -0.05) is 0 Å². The molecule has 0 radical (unpaired) electrons. The number of carbonyl (C=O) groups excluding carboxylic acids is 2. The number of ether oxygens (including phenoxy) is 3. The summed E-state index contributed by atoms with van der Waals surface area (Å²) in [6.07, 6.45) is 4.17. The van der Waals surface area contributed by atoms with Gasteiger partial charge in [-0.05, 0) is 13.8 Å². The van der Waals surface area contributed by atoms with Crippen molar-refractivity contribution in [1.29, 1.82) is 0 Å². The van der Waals surface area contributed by atoms with Crippen molar-refractivity contribution in [1.82, 2.24) is 4.57 Å². The predicted octanol–water partition coefficient (Wildman–Crippen LogP) is -2.87. The fraction of sp³-hybridized carbons (Fsp3) is 0.615. The Balaban J connectivity index is 0.00000400. The van der Waals surface area contributed by atoms with Crippen LogP contribution >= 0.6 is 0 Å². The molecule has 0 amide bonds. The molecule has 0 aliphatic rings. The van der Waals surface area contributed by atoms with E-state index in [1.165, 1.54) is 18.6 Å². The molecule has 1 aromatic rings. The van der Waals surface area contributed by atoms with Crippen LogP contribution in [0.3, 0.4) is 0 Å². The molecule has 21 heavy (non-hydrogen) atoms. The minimum atomic E-state index is -1.60. The van der Waals surface area contributed by atoms with Crippen LogP contribution in [0, 0.1) is 0 Å². The van der Waals surface area contributed by atoms with Gasteiger partial charge in [-0.2, -0.15) is 0 Å². The third kappa shape index (κ3) is 4.28. The number of carbonyl (C=O) groups is 2. The molecular weight excluding hydrogens is 344 g/mol. The highest BCUT2D eigenvalue weighted by molar-refractivity contribution is 6.01. The summed E-state index contributed by atoms with van der Waals surface area (Å²) < 4.78 is 18.2. The number of hydrogen-bond donors (Lipinski definition) is 0. The molecular formula is C13H21BrN2O5. The maximum Gasteiger partial charge on any atom is 0.369 e. The van der Waals surface area contributed by atoms with E-state index < -0.39 is 23.8 Å². The number of aryl methyl sites for hydroxylation is 1. The molecule has 1 unspecified atom stereocenters. The van der Waals surface area contributed by atoms with Gasteiger partial charge in [0.25, 0.3) is 0 Å². The summed E-state index contributed by atoms with van der Waals surface area (Å²) in [5.74, 6) is -1.44. The molecule has 0 aromatic carbocycles. The Bertz CT molecular complexity index is 491. The summed E-state index contributed by atoms with van der Waals surface area (Å²) in [7, 11) is 3.01. The second kappa shape index (κ2) is 8.14. The van der Waals surface area contributed by atoms with Gasteiger partial charge in [-0.15, -0.1) is 0 Å². The van der Waals surface area contributed by atoms with Crippen LogP contribution < -0.4 is 21.5 Å². The van der Waals surface area contributed by atoms with Crippen LogP contribution in [-0.4, -0.2) is 36.5 Å². The quantitative estimate of drug-likeness (QED) is 0.235. The highest BCUT2D eigenvalue weighted by Gasteiger charge is 2.51. The Kier molecular flexibility index (Phi) is 7.59. The number of halogens is 1. The van der Waals surface area contributed by atoms with Crippen LogP contribution in [0.15, 0.2) is 18.7 Å². The first kappa shape index (κ1) is 19.6. The second-order valence-electron chi connectivity index (χ2n) is 4.48. The normalized spacial score (nSPS) is 14.5. The number of aromatic nitrogens is 2. The van der Waals surface area contributed by atoms with Gasteiger partial charge in [-0.3, -0.25) is 0 Å². The maximum absolute atomic E-state index is 12.3. The van der Waals surface area contributed by atoms with Gasteiger partial charge in [-0.25, -0.2) is 18.7 Å². The zero-order chi connectivity index (χ0) is 15.3. The van der Waals surface area contributed by atoms with Gasteiger partial charge in [0.1, 0.15) is 12.4 Å². The van der Waals surface area contributed by atoms with E-state index in [1.54, 1.807) is 44.2 Å². The van der Waals surface area contributed by atoms with Crippen molar-refractivity contribution in [2.45, 2.75) is 32.6 Å². The lowest BCUT2D eigenvalue weighted by Gasteiger charge is -2.23. The molecule has 0 saturated heterocycles. The minimum Gasteiger partial charge on any atom is -1.00 e. The van der Waals surface area contributed by atoms with Crippen LogP contribution in [-0.2, 0) is 36.4 Å². The largest absolute Gasteiger partial charge is 1.00 e. The molecule has 0 spiro atoms. The third-order valence-electron chi connectivity index (χ3n) is 2.94. The maximum atomic E-state index is 12.3. The van der Waals surface area contributed by atoms with Gasteiger partial charge in [0.05, 0.1) is 14.2 Å². The van der Waals surface area contributed by atoms with Gasteiger partial charge in [0.15, 0.2) is 6.29 Å². The monoisotopic (exact) mass is 364 g/mol. The Morgan fingerprint density at radius 3 is 2.43 bits per heavy atom. The molecule has 0 aliphatic carbocycles. The lowest BCUT2D eigenvalue weighted by molar-refractivity contribution is -0.671. The molecule has 8 heteroatoms. The Morgan fingerprint density at radius 2 is 2.00 bits per heavy atom. The zero-order valence-electron chi connectivity index (χ0n) is 12.8. The number of methoxy groups -OCH3 is 1. The van der Waals surface area contributed by atoms with Crippen molar-refractivity contribution >= 4 is 11.9 Å². The average Bonchev–Trinajstić information content (AvgIpc) is 2.83. The van der Waals surface area contributed by atoms with Crippen molar-refractivity contribution in [3.8, 4) is 0 Å². The number of imidazole rings is 1. The first-order valence-electron chi connectivity index (χ1n) is 6.31. The van der Waals surface area contributed by atoms with Crippen molar-refractivity contribution in [2.24, 2.45) is 7.05 Å². The fourth-order valence-corrected chi connectivity index (χ4v) is 1.74. The SMILES string of the molecule is CCO[C@@H](C)OC(=O)C(C)(C(=O)OC)n1cc[n+](C)c1.[Br-]. The Morgan fingerprint density at radius 1 is 1.38 bits per heavy atom. The molecule has 7 nitrogen and oxygen atoms in total. The summed E-state index contributed by atoms with van der Waals surface area (Å²) >= 11 is 0. The second-order valence-corrected chi connectivity index (χ2v) is 4.48. The van der Waals surface area contributed by atoms with Crippen LogP contribution in [0.25, 0.3) is 0 Å². The number of nitrogens with zero attached hydrogens (tertiary/aromatic N) is 2. The Labute approximate surface area is 134 Å². The van der Waals surface area contributed by atoms with Gasteiger partial charge < -0.3 is 31.2 Å². The van der Waals surface area contributed by atoms with E-state index in [0.717, 1.165) is 0 Å². The predicted molar refractivity (Wildman–Crippen MR) is 68.5 cm³/mol. The third-order valence-corrected chi connectivity index (χ3v) is 2.94. The van der Waals surface area contributed by atoms with Gasteiger partial charge in [0, 0.05) is 13.5 Å². The lowest BCUT2D eigenvalue weighted by atomic mass is 10.0. The van der Waals surface area contributed by atoms with Crippen LogP contribution in [0.5, 0.6) is 0 Å². The van der Waals surface area contributed by atoms with Crippen molar-refractivity contribution in [2.75, 3.05) is 13.7 Å². The van der Waals surface area contributed by atoms with Crippen molar-refractivity contribution in [3.63, 3.8) is 0 Å². The topological polar surface area (TPSA) is 70.6 Å². The molecule has 1 aromatic heterocycles. The minimum absolute atomic E-state index is 0. The number of hydrogen-bond acceptors (Lipinski definition) is 5. The molecule has 1 rings (SSSR count). The standard InChI is InChI=1S/C13H21N2O5.BrH/c1-6-19-10(2)20-12(17)13(3,11(16)18-5)15-8-7-14(4)9-15;/h7-10H,6H2,1-5H3;1H/q+1;/p-1/t10-,13?;/m1./s1. The summed E-state index contributed by atoms with van der Waals surface area (Å²) in [6.45, 7) is 5.23. The summed E-state index contributed by atoms with van der Waals surface area (Å²) in [5, 5.41) is 0. The summed E-state index contributed by atoms with van der Waals surface area (Å²) in [5.41, 5.74) is -1.60. The van der Waals surface area contributed by atoms with Crippen molar-refractivity contribution < 1.29 is 45.3 Å². The molecule has 0 aliphatic heterocycles. The first-order chi connectivity index (χ1) is 9.36. The summed E-state index contributed by atoms with van der Waals surface area (Å²) in [4.78, 5) is 24.4. The average molecular weight is 365 g/mol. The zero-order valence-corrected chi connectivity index (χ0v) is 14.4. The molecule has 120 valence electrons. The number of rotatable bonds is 6. The van der Waals surface area contributed by atoms with E-state index in [9.17, 15) is 9.59 Å². The van der Waals surface area contributed by atoms with E-state index in [2.05, 4.69) is 0 Å². The van der Waals surface area contributed by atoms with E-state index >= 15 is 0 Å². The number of esters is 2. The molecule has 1 heterocycles. The smallest absolute Gasteiger partial charge is 0.369 e.